The maximum Gasteiger partial charge on any atom is 0.0438 e. The zero-order valence-corrected chi connectivity index (χ0v) is 14.0. The van der Waals surface area contributed by atoms with Crippen LogP contribution in [-0.2, 0) is 6.42 Å². The molecule has 0 aliphatic rings. The van der Waals surface area contributed by atoms with Gasteiger partial charge in [-0.15, -0.1) is 0 Å². The van der Waals surface area contributed by atoms with Gasteiger partial charge >= 0.3 is 0 Å². The van der Waals surface area contributed by atoms with Gasteiger partial charge in [0.1, 0.15) is 0 Å². The van der Waals surface area contributed by atoms with E-state index >= 15 is 0 Å². The maximum atomic E-state index is 6.21. The number of rotatable bonds is 3. The number of hydrogen-bond acceptors (Lipinski definition) is 0. The third-order valence-corrected chi connectivity index (χ3v) is 4.83. The van der Waals surface area contributed by atoms with Crippen LogP contribution in [0.3, 0.4) is 0 Å². The molecule has 0 amide bonds. The van der Waals surface area contributed by atoms with E-state index in [4.69, 9.17) is 23.2 Å². The number of halogens is 3. The Bertz CT molecular complexity index is 593. The maximum absolute atomic E-state index is 6.21. The minimum Gasteiger partial charge on any atom is -0.0840 e. The first-order valence-corrected chi connectivity index (χ1v) is 7.80. The van der Waals surface area contributed by atoms with E-state index in [0.717, 1.165) is 27.6 Å². The fourth-order valence-corrected chi connectivity index (χ4v) is 3.38. The third kappa shape index (κ3) is 3.53. The van der Waals surface area contributed by atoms with Crippen LogP contribution >= 0.6 is 39.1 Å². The summed E-state index contributed by atoms with van der Waals surface area (Å²) in [5.41, 5.74) is 4.72. The lowest BCUT2D eigenvalue weighted by atomic mass is 9.98. The molecule has 0 radical (unpaired) electrons. The molecule has 0 nitrogen and oxygen atoms in total. The average molecular weight is 358 g/mol. The van der Waals surface area contributed by atoms with Gasteiger partial charge in [0.15, 0.2) is 0 Å². The number of aryl methyl sites for hydroxylation is 2. The van der Waals surface area contributed by atoms with Crippen LogP contribution in [0.1, 0.15) is 27.1 Å². The standard InChI is InChI=1S/C16H15BrCl2/c1-10-8-16(19)11(2)7-13(10)14(17)9-12-5-3-4-6-15(12)18/h3-8,14H,9H2,1-2H3. The zero-order chi connectivity index (χ0) is 14.0. The van der Waals surface area contributed by atoms with Crippen molar-refractivity contribution in [2.24, 2.45) is 0 Å². The zero-order valence-electron chi connectivity index (χ0n) is 10.9. The SMILES string of the molecule is Cc1cc(C(Br)Cc2ccccc2Cl)c(C)cc1Cl. The molecule has 0 N–H and O–H groups in total. The average Bonchev–Trinajstić information content (AvgIpc) is 2.36. The molecule has 3 heteroatoms. The van der Waals surface area contributed by atoms with Gasteiger partial charge in [0.2, 0.25) is 0 Å². The van der Waals surface area contributed by atoms with E-state index in [9.17, 15) is 0 Å². The Kier molecular flexibility index (Phi) is 4.94. The van der Waals surface area contributed by atoms with Crippen molar-refractivity contribution in [3.05, 3.63) is 68.7 Å². The fourth-order valence-electron chi connectivity index (χ4n) is 2.11. The van der Waals surface area contributed by atoms with Crippen LogP contribution in [0.15, 0.2) is 36.4 Å². The van der Waals surface area contributed by atoms with Crippen molar-refractivity contribution in [1.29, 1.82) is 0 Å². The molecule has 2 aromatic carbocycles. The van der Waals surface area contributed by atoms with Crippen LogP contribution < -0.4 is 0 Å². The summed E-state index contributed by atoms with van der Waals surface area (Å²) in [5.74, 6) is 0. The minimum absolute atomic E-state index is 0.239. The first-order valence-electron chi connectivity index (χ1n) is 6.13. The van der Waals surface area contributed by atoms with Gasteiger partial charge in [-0.25, -0.2) is 0 Å². The summed E-state index contributed by atoms with van der Waals surface area (Å²) in [4.78, 5) is 0.239. The second kappa shape index (κ2) is 6.30. The second-order valence-electron chi connectivity index (χ2n) is 4.72. The second-order valence-corrected chi connectivity index (χ2v) is 6.64. The Morgan fingerprint density at radius 3 is 2.37 bits per heavy atom. The van der Waals surface area contributed by atoms with Crippen LogP contribution in [0.4, 0.5) is 0 Å². The van der Waals surface area contributed by atoms with Crippen molar-refractivity contribution >= 4 is 39.1 Å². The molecule has 2 rings (SSSR count). The Morgan fingerprint density at radius 1 is 1.00 bits per heavy atom. The van der Waals surface area contributed by atoms with Gasteiger partial charge in [-0.1, -0.05) is 63.4 Å². The van der Waals surface area contributed by atoms with Crippen molar-refractivity contribution < 1.29 is 0 Å². The van der Waals surface area contributed by atoms with E-state index in [2.05, 4.69) is 35.0 Å². The highest BCUT2D eigenvalue weighted by atomic mass is 79.9. The van der Waals surface area contributed by atoms with Crippen molar-refractivity contribution in [3.63, 3.8) is 0 Å². The summed E-state index contributed by atoms with van der Waals surface area (Å²) in [7, 11) is 0. The Hall–Kier alpha value is -0.500. The van der Waals surface area contributed by atoms with Crippen molar-refractivity contribution in [2.75, 3.05) is 0 Å². The molecule has 19 heavy (non-hydrogen) atoms. The predicted molar refractivity (Wildman–Crippen MR) is 87.8 cm³/mol. The largest absolute Gasteiger partial charge is 0.0840 e. The predicted octanol–water partition coefficient (Wildman–Crippen LogP) is 6.29. The lowest BCUT2D eigenvalue weighted by molar-refractivity contribution is 0.936. The summed E-state index contributed by atoms with van der Waals surface area (Å²) in [6, 6.07) is 12.1. The molecule has 0 spiro atoms. The van der Waals surface area contributed by atoms with Crippen molar-refractivity contribution in [1.82, 2.24) is 0 Å². The molecule has 100 valence electrons. The smallest absolute Gasteiger partial charge is 0.0438 e. The summed E-state index contributed by atoms with van der Waals surface area (Å²) in [5, 5.41) is 1.63. The fraction of sp³-hybridized carbons (Fsp3) is 0.250. The lowest BCUT2D eigenvalue weighted by Gasteiger charge is -2.15. The highest BCUT2D eigenvalue weighted by Gasteiger charge is 2.14. The van der Waals surface area contributed by atoms with Crippen LogP contribution in [0, 0.1) is 13.8 Å². The molecule has 0 bridgehead atoms. The van der Waals surface area contributed by atoms with E-state index in [1.54, 1.807) is 0 Å². The molecule has 0 heterocycles. The van der Waals surface area contributed by atoms with E-state index < -0.39 is 0 Å². The Balaban J connectivity index is 2.28. The van der Waals surface area contributed by atoms with Crippen molar-refractivity contribution in [2.45, 2.75) is 25.1 Å². The van der Waals surface area contributed by atoms with E-state index in [1.165, 1.54) is 11.1 Å². The van der Waals surface area contributed by atoms with Gasteiger partial charge in [-0.2, -0.15) is 0 Å². The first-order chi connectivity index (χ1) is 8.99. The van der Waals surface area contributed by atoms with Crippen LogP contribution in [0.5, 0.6) is 0 Å². The summed E-state index contributed by atoms with van der Waals surface area (Å²) in [6.45, 7) is 4.11. The molecule has 0 fully saturated rings. The molecule has 0 aliphatic carbocycles. The minimum atomic E-state index is 0.239. The third-order valence-electron chi connectivity index (χ3n) is 3.24. The van der Waals surface area contributed by atoms with E-state index in [0.29, 0.717) is 0 Å². The lowest BCUT2D eigenvalue weighted by Crippen LogP contribution is -1.99. The van der Waals surface area contributed by atoms with Crippen LogP contribution in [0.2, 0.25) is 10.0 Å². The van der Waals surface area contributed by atoms with Gasteiger partial charge in [-0.3, -0.25) is 0 Å². The molecular formula is C16H15BrCl2. The summed E-state index contributed by atoms with van der Waals surface area (Å²) >= 11 is 16.1. The highest BCUT2D eigenvalue weighted by Crippen LogP contribution is 2.34. The topological polar surface area (TPSA) is 0 Å². The van der Waals surface area contributed by atoms with Gasteiger partial charge in [0.25, 0.3) is 0 Å². The molecule has 0 saturated heterocycles. The Labute approximate surface area is 132 Å². The molecule has 0 aromatic heterocycles. The van der Waals surface area contributed by atoms with Crippen molar-refractivity contribution in [3.8, 4) is 0 Å². The first kappa shape index (κ1) is 14.9. The van der Waals surface area contributed by atoms with Gasteiger partial charge in [0.05, 0.1) is 0 Å². The summed E-state index contributed by atoms with van der Waals surface area (Å²) < 4.78 is 0. The Morgan fingerprint density at radius 2 is 1.68 bits per heavy atom. The number of benzene rings is 2. The number of hydrogen-bond donors (Lipinski definition) is 0. The van der Waals surface area contributed by atoms with E-state index in [-0.39, 0.29) is 4.83 Å². The number of alkyl halides is 1. The molecule has 1 atom stereocenters. The molecule has 0 saturated carbocycles. The van der Waals surface area contributed by atoms with Gasteiger partial charge in [0, 0.05) is 14.9 Å². The monoisotopic (exact) mass is 356 g/mol. The molecule has 1 unspecified atom stereocenters. The highest BCUT2D eigenvalue weighted by molar-refractivity contribution is 9.09. The molecular weight excluding hydrogens is 343 g/mol. The van der Waals surface area contributed by atoms with Gasteiger partial charge in [-0.05, 0) is 54.7 Å². The van der Waals surface area contributed by atoms with Crippen LogP contribution in [-0.4, -0.2) is 0 Å². The normalized spacial score (nSPS) is 12.5. The van der Waals surface area contributed by atoms with E-state index in [1.807, 2.05) is 31.2 Å². The van der Waals surface area contributed by atoms with Gasteiger partial charge < -0.3 is 0 Å². The molecule has 2 aromatic rings. The quantitative estimate of drug-likeness (QED) is 0.566. The summed E-state index contributed by atoms with van der Waals surface area (Å²) in [6.07, 6.45) is 0.863. The van der Waals surface area contributed by atoms with Crippen LogP contribution in [0.25, 0.3) is 0 Å². The molecule has 0 aliphatic heterocycles.